The average Bonchev–Trinajstić information content (AvgIpc) is 3.93. The van der Waals surface area contributed by atoms with Gasteiger partial charge in [-0.05, 0) is 113 Å². The molecule has 284 valence electrons. The van der Waals surface area contributed by atoms with E-state index in [9.17, 15) is 0 Å². The van der Waals surface area contributed by atoms with Crippen LogP contribution in [0.25, 0.3) is 44.2 Å². The molecule has 0 atom stereocenters. The van der Waals surface area contributed by atoms with E-state index >= 15 is 0 Å². The van der Waals surface area contributed by atoms with E-state index in [0.717, 1.165) is 11.4 Å². The van der Waals surface area contributed by atoms with Crippen molar-refractivity contribution in [1.29, 1.82) is 0 Å². The topological polar surface area (TPSA) is 3.24 Å². The van der Waals surface area contributed by atoms with Crippen molar-refractivity contribution < 1.29 is 0 Å². The van der Waals surface area contributed by atoms with Gasteiger partial charge in [0.25, 0.3) is 0 Å². The van der Waals surface area contributed by atoms with Crippen LogP contribution in [-0.4, -0.2) is 0 Å². The molecule has 3 aliphatic rings. The second-order valence-corrected chi connectivity index (χ2v) is 16.7. The SMILES string of the molecule is c1ccc(C2(c3ccccc3)c3ccccc3-c3cc(N(c4ccc5ccccc5c4)c4cccc5c4-c4ccccc4C54c5ccccc5-c5ccccc54)ccc32)cc1. The molecule has 0 aliphatic heterocycles. The van der Waals surface area contributed by atoms with E-state index in [1.165, 1.54) is 94.3 Å². The lowest BCUT2D eigenvalue weighted by Crippen LogP contribution is -2.28. The lowest BCUT2D eigenvalue weighted by atomic mass is 9.68. The van der Waals surface area contributed by atoms with Gasteiger partial charge < -0.3 is 4.90 Å². The summed E-state index contributed by atoms with van der Waals surface area (Å²) in [5.74, 6) is 0. The summed E-state index contributed by atoms with van der Waals surface area (Å²) in [4.78, 5) is 2.53. The predicted molar refractivity (Wildman–Crippen MR) is 252 cm³/mol. The van der Waals surface area contributed by atoms with Gasteiger partial charge in [-0.3, -0.25) is 0 Å². The van der Waals surface area contributed by atoms with Crippen LogP contribution in [-0.2, 0) is 10.8 Å². The molecular formula is C60H39N. The largest absolute Gasteiger partial charge is 0.310 e. The quantitative estimate of drug-likeness (QED) is 0.168. The van der Waals surface area contributed by atoms with Gasteiger partial charge in [-0.1, -0.05) is 206 Å². The molecule has 0 fully saturated rings. The third kappa shape index (κ3) is 4.50. The highest BCUT2D eigenvalue weighted by Crippen LogP contribution is 2.65. The highest BCUT2D eigenvalue weighted by atomic mass is 15.1. The van der Waals surface area contributed by atoms with Crippen LogP contribution in [0.4, 0.5) is 17.1 Å². The summed E-state index contributed by atoms with van der Waals surface area (Å²) in [5.41, 5.74) is 20.8. The normalized spacial score (nSPS) is 14.2. The van der Waals surface area contributed by atoms with Gasteiger partial charge in [0.1, 0.15) is 0 Å². The number of nitrogens with zero attached hydrogens (tertiary/aromatic N) is 1. The molecule has 0 heterocycles. The second-order valence-electron chi connectivity index (χ2n) is 16.7. The van der Waals surface area contributed by atoms with E-state index in [0.29, 0.717) is 0 Å². The molecule has 0 radical (unpaired) electrons. The lowest BCUT2D eigenvalue weighted by Gasteiger charge is -2.34. The molecule has 1 nitrogen and oxygen atoms in total. The zero-order valence-corrected chi connectivity index (χ0v) is 33.5. The van der Waals surface area contributed by atoms with Crippen LogP contribution in [0.1, 0.15) is 44.5 Å². The number of benzene rings is 10. The number of hydrogen-bond acceptors (Lipinski definition) is 1. The van der Waals surface area contributed by atoms with Crippen molar-refractivity contribution >= 4 is 27.8 Å². The molecule has 0 unspecified atom stereocenters. The molecule has 0 amide bonds. The monoisotopic (exact) mass is 773 g/mol. The van der Waals surface area contributed by atoms with Crippen molar-refractivity contribution in [1.82, 2.24) is 0 Å². The zero-order chi connectivity index (χ0) is 40.1. The summed E-state index contributed by atoms with van der Waals surface area (Å²) < 4.78 is 0. The summed E-state index contributed by atoms with van der Waals surface area (Å²) >= 11 is 0. The Morgan fingerprint density at radius 3 is 1.34 bits per heavy atom. The standard InChI is InChI=1S/C60H39N/c1-3-20-42(21-4-1)59(43-22-5-2-6-23-43)51-28-13-11-26-48(51)50-39-45(36-37-55(50)59)61(44-35-34-40-18-7-8-19-41(40)38-44)57-33-17-32-56-58(57)49-27-12-16-31-54(49)60(56)52-29-14-9-24-46(52)47-25-10-15-30-53(47)60/h1-39H. The summed E-state index contributed by atoms with van der Waals surface area (Å²) in [6.07, 6.45) is 0. The fourth-order valence-electron chi connectivity index (χ4n) is 11.6. The smallest absolute Gasteiger partial charge is 0.0726 e. The van der Waals surface area contributed by atoms with Gasteiger partial charge in [0.05, 0.1) is 16.5 Å². The summed E-state index contributed by atoms with van der Waals surface area (Å²) in [7, 11) is 0. The molecule has 10 aromatic carbocycles. The first-order valence-corrected chi connectivity index (χ1v) is 21.3. The number of anilines is 3. The highest BCUT2D eigenvalue weighted by molar-refractivity contribution is 6.02. The first-order chi connectivity index (χ1) is 30.3. The Balaban J connectivity index is 1.11. The maximum Gasteiger partial charge on any atom is 0.0726 e. The molecule has 0 aromatic heterocycles. The Hall–Kier alpha value is -7.74. The Labute approximate surface area is 356 Å². The maximum atomic E-state index is 2.53. The van der Waals surface area contributed by atoms with Gasteiger partial charge in [-0.15, -0.1) is 0 Å². The first kappa shape index (κ1) is 34.2. The molecule has 0 saturated heterocycles. The molecule has 0 saturated carbocycles. The van der Waals surface area contributed by atoms with E-state index in [-0.39, 0.29) is 0 Å². The van der Waals surface area contributed by atoms with E-state index in [2.05, 4.69) is 241 Å². The maximum absolute atomic E-state index is 2.53. The van der Waals surface area contributed by atoms with E-state index in [4.69, 9.17) is 0 Å². The fourth-order valence-corrected chi connectivity index (χ4v) is 11.6. The molecule has 1 heteroatoms. The van der Waals surface area contributed by atoms with Crippen molar-refractivity contribution in [3.8, 4) is 33.4 Å². The number of rotatable bonds is 5. The van der Waals surface area contributed by atoms with Crippen LogP contribution in [0, 0.1) is 0 Å². The summed E-state index contributed by atoms with van der Waals surface area (Å²) in [5, 5.41) is 2.44. The third-order valence-electron chi connectivity index (χ3n) is 13.9. The number of fused-ring (bicyclic) bond motifs is 14. The van der Waals surface area contributed by atoms with Crippen LogP contribution in [0.3, 0.4) is 0 Å². The van der Waals surface area contributed by atoms with Gasteiger partial charge >= 0.3 is 0 Å². The summed E-state index contributed by atoms with van der Waals surface area (Å²) in [6.45, 7) is 0. The Morgan fingerprint density at radius 2 is 0.705 bits per heavy atom. The van der Waals surface area contributed by atoms with Crippen molar-refractivity contribution in [3.05, 3.63) is 281 Å². The molecule has 1 spiro atoms. The minimum atomic E-state index is -0.469. The molecule has 3 aliphatic carbocycles. The van der Waals surface area contributed by atoms with Gasteiger partial charge in [0, 0.05) is 16.9 Å². The van der Waals surface area contributed by atoms with Crippen LogP contribution >= 0.6 is 0 Å². The Morgan fingerprint density at radius 1 is 0.262 bits per heavy atom. The van der Waals surface area contributed by atoms with E-state index in [1.807, 2.05) is 0 Å². The molecule has 13 rings (SSSR count). The van der Waals surface area contributed by atoms with Gasteiger partial charge in [0.2, 0.25) is 0 Å². The van der Waals surface area contributed by atoms with Crippen molar-refractivity contribution in [3.63, 3.8) is 0 Å². The average molecular weight is 774 g/mol. The van der Waals surface area contributed by atoms with Crippen LogP contribution < -0.4 is 4.90 Å². The molecule has 0 N–H and O–H groups in total. The zero-order valence-electron chi connectivity index (χ0n) is 33.5. The van der Waals surface area contributed by atoms with Crippen LogP contribution in [0.5, 0.6) is 0 Å². The number of hydrogen-bond donors (Lipinski definition) is 0. The van der Waals surface area contributed by atoms with Crippen LogP contribution in [0.2, 0.25) is 0 Å². The molecule has 10 aromatic rings. The predicted octanol–water partition coefficient (Wildman–Crippen LogP) is 15.0. The van der Waals surface area contributed by atoms with E-state index < -0.39 is 10.8 Å². The van der Waals surface area contributed by atoms with Gasteiger partial charge in [-0.25, -0.2) is 0 Å². The van der Waals surface area contributed by atoms with E-state index in [1.54, 1.807) is 0 Å². The van der Waals surface area contributed by atoms with Crippen molar-refractivity contribution in [2.45, 2.75) is 10.8 Å². The third-order valence-corrected chi connectivity index (χ3v) is 13.9. The molecular weight excluding hydrogens is 735 g/mol. The molecule has 61 heavy (non-hydrogen) atoms. The Bertz CT molecular complexity index is 3290. The minimum absolute atomic E-state index is 0.438. The lowest BCUT2D eigenvalue weighted by molar-refractivity contribution is 0.768. The fraction of sp³-hybridized carbons (Fsp3) is 0.0333. The molecule has 0 bridgehead atoms. The van der Waals surface area contributed by atoms with Crippen LogP contribution in [0.15, 0.2) is 237 Å². The van der Waals surface area contributed by atoms with Gasteiger partial charge in [0.15, 0.2) is 0 Å². The minimum Gasteiger partial charge on any atom is -0.310 e. The Kier molecular flexibility index (Phi) is 7.21. The second kappa shape index (κ2) is 12.9. The highest BCUT2D eigenvalue weighted by Gasteiger charge is 2.52. The summed E-state index contributed by atoms with van der Waals surface area (Å²) in [6, 6.07) is 88.4. The van der Waals surface area contributed by atoms with Crippen molar-refractivity contribution in [2.75, 3.05) is 4.90 Å². The first-order valence-electron chi connectivity index (χ1n) is 21.3. The van der Waals surface area contributed by atoms with Crippen molar-refractivity contribution in [2.24, 2.45) is 0 Å². The van der Waals surface area contributed by atoms with Gasteiger partial charge in [-0.2, -0.15) is 0 Å².